The van der Waals surface area contributed by atoms with Gasteiger partial charge in [0.05, 0.1) is 16.6 Å². The molecule has 0 aliphatic carbocycles. The van der Waals surface area contributed by atoms with Gasteiger partial charge in [0.25, 0.3) is 0 Å². The number of benzene rings is 2. The van der Waals surface area contributed by atoms with E-state index in [1.165, 1.54) is 4.31 Å². The number of aromatic nitrogens is 1. The van der Waals surface area contributed by atoms with Crippen LogP contribution in [0.4, 0.5) is 0 Å². The van der Waals surface area contributed by atoms with E-state index in [-0.39, 0.29) is 0 Å². The summed E-state index contributed by atoms with van der Waals surface area (Å²) in [5, 5.41) is 0. The zero-order valence-corrected chi connectivity index (χ0v) is 17.3. The average molecular weight is 395 g/mol. The Morgan fingerprint density at radius 2 is 1.54 bits per heavy atom. The predicted molar refractivity (Wildman–Crippen MR) is 113 cm³/mol. The molecular weight excluding hydrogens is 368 g/mol. The standard InChI is InChI=1S/C23H26N2O2S/c1-4-18(2)19-13-15-21(16-14-19)28(26,27)25(3)23(20-10-6-5-7-11-20)22-12-8-9-17-24-22/h5-18,23H,4H2,1-3H3/t18-,23-/m0/s1. The summed E-state index contributed by atoms with van der Waals surface area (Å²) < 4.78 is 28.1. The summed E-state index contributed by atoms with van der Waals surface area (Å²) in [4.78, 5) is 4.72. The number of rotatable bonds is 7. The van der Waals surface area contributed by atoms with Crippen molar-refractivity contribution in [2.24, 2.45) is 0 Å². The lowest BCUT2D eigenvalue weighted by Crippen LogP contribution is -2.32. The van der Waals surface area contributed by atoms with E-state index < -0.39 is 16.1 Å². The fourth-order valence-electron chi connectivity index (χ4n) is 3.25. The molecule has 0 bridgehead atoms. The molecule has 0 N–H and O–H groups in total. The molecule has 0 fully saturated rings. The van der Waals surface area contributed by atoms with Crippen molar-refractivity contribution in [3.63, 3.8) is 0 Å². The Labute approximate surface area is 167 Å². The molecule has 5 heteroatoms. The Morgan fingerprint density at radius 3 is 2.11 bits per heavy atom. The van der Waals surface area contributed by atoms with Gasteiger partial charge in [-0.05, 0) is 47.7 Å². The van der Waals surface area contributed by atoms with Crippen LogP contribution in [0.3, 0.4) is 0 Å². The van der Waals surface area contributed by atoms with E-state index in [4.69, 9.17) is 0 Å². The number of hydrogen-bond donors (Lipinski definition) is 0. The summed E-state index contributed by atoms with van der Waals surface area (Å²) in [6, 6.07) is 21.9. The quantitative estimate of drug-likeness (QED) is 0.566. The van der Waals surface area contributed by atoms with Crippen LogP contribution in [0.2, 0.25) is 0 Å². The highest BCUT2D eigenvalue weighted by atomic mass is 32.2. The topological polar surface area (TPSA) is 50.3 Å². The normalized spacial score (nSPS) is 14.0. The second-order valence-electron chi connectivity index (χ2n) is 6.97. The van der Waals surface area contributed by atoms with Gasteiger partial charge in [-0.25, -0.2) is 8.42 Å². The molecule has 0 saturated carbocycles. The monoisotopic (exact) mass is 394 g/mol. The van der Waals surface area contributed by atoms with Gasteiger partial charge in [-0.2, -0.15) is 4.31 Å². The van der Waals surface area contributed by atoms with Crippen LogP contribution in [0.25, 0.3) is 0 Å². The molecule has 3 rings (SSSR count). The van der Waals surface area contributed by atoms with Gasteiger partial charge in [0.1, 0.15) is 0 Å². The van der Waals surface area contributed by atoms with Crippen LogP contribution in [0.5, 0.6) is 0 Å². The Kier molecular flexibility index (Phi) is 6.27. The van der Waals surface area contributed by atoms with E-state index in [2.05, 4.69) is 18.8 Å². The molecule has 0 amide bonds. The third-order valence-corrected chi connectivity index (χ3v) is 7.02. The summed E-state index contributed by atoms with van der Waals surface area (Å²) >= 11 is 0. The molecule has 0 saturated heterocycles. The molecule has 28 heavy (non-hydrogen) atoms. The Hall–Kier alpha value is -2.50. The molecule has 1 aromatic heterocycles. The first-order chi connectivity index (χ1) is 13.4. The largest absolute Gasteiger partial charge is 0.259 e. The second kappa shape index (κ2) is 8.67. The summed E-state index contributed by atoms with van der Waals surface area (Å²) in [5.74, 6) is 0.403. The van der Waals surface area contributed by atoms with Crippen LogP contribution in [0.15, 0.2) is 83.9 Å². The van der Waals surface area contributed by atoms with Crippen LogP contribution in [0.1, 0.15) is 49.0 Å². The van der Waals surface area contributed by atoms with Crippen LogP contribution in [-0.2, 0) is 10.0 Å². The fourth-order valence-corrected chi connectivity index (χ4v) is 4.57. The van der Waals surface area contributed by atoms with Crippen molar-refractivity contribution < 1.29 is 8.42 Å². The van der Waals surface area contributed by atoms with Crippen LogP contribution in [-0.4, -0.2) is 24.8 Å². The first-order valence-corrected chi connectivity index (χ1v) is 10.9. The zero-order chi connectivity index (χ0) is 20.1. The lowest BCUT2D eigenvalue weighted by molar-refractivity contribution is 0.412. The first kappa shape index (κ1) is 20.2. The van der Waals surface area contributed by atoms with Gasteiger partial charge >= 0.3 is 0 Å². The lowest BCUT2D eigenvalue weighted by Gasteiger charge is -2.27. The van der Waals surface area contributed by atoms with Crippen molar-refractivity contribution in [1.29, 1.82) is 0 Å². The van der Waals surface area contributed by atoms with Crippen molar-refractivity contribution in [1.82, 2.24) is 9.29 Å². The highest BCUT2D eigenvalue weighted by Gasteiger charge is 2.31. The van der Waals surface area contributed by atoms with Gasteiger partial charge in [0.2, 0.25) is 10.0 Å². The highest BCUT2D eigenvalue weighted by molar-refractivity contribution is 7.89. The van der Waals surface area contributed by atoms with E-state index >= 15 is 0 Å². The molecule has 0 aliphatic heterocycles. The predicted octanol–water partition coefficient (Wildman–Crippen LogP) is 5.01. The smallest absolute Gasteiger partial charge is 0.243 e. The van der Waals surface area contributed by atoms with Crippen molar-refractivity contribution >= 4 is 10.0 Å². The fraction of sp³-hybridized carbons (Fsp3) is 0.261. The second-order valence-corrected chi connectivity index (χ2v) is 8.96. The van der Waals surface area contributed by atoms with Gasteiger partial charge < -0.3 is 0 Å². The van der Waals surface area contributed by atoms with E-state index in [0.717, 1.165) is 17.5 Å². The van der Waals surface area contributed by atoms with E-state index in [0.29, 0.717) is 16.5 Å². The average Bonchev–Trinajstić information content (AvgIpc) is 2.75. The first-order valence-electron chi connectivity index (χ1n) is 9.49. The molecule has 4 nitrogen and oxygen atoms in total. The lowest BCUT2D eigenvalue weighted by atomic mass is 9.99. The minimum absolute atomic E-state index is 0.291. The Bertz CT molecular complexity index is 948. The molecule has 3 aromatic rings. The Balaban J connectivity index is 2.01. The summed E-state index contributed by atoms with van der Waals surface area (Å²) in [7, 11) is -2.08. The number of hydrogen-bond acceptors (Lipinski definition) is 3. The molecule has 1 heterocycles. The van der Waals surface area contributed by atoms with Gasteiger partial charge in [-0.3, -0.25) is 4.98 Å². The minimum atomic E-state index is -3.69. The maximum atomic E-state index is 13.4. The highest BCUT2D eigenvalue weighted by Crippen LogP contribution is 2.31. The summed E-state index contributed by atoms with van der Waals surface area (Å²) in [6.45, 7) is 4.27. The third kappa shape index (κ3) is 4.16. The summed E-state index contributed by atoms with van der Waals surface area (Å²) in [5.41, 5.74) is 2.72. The molecule has 0 aliphatic rings. The molecule has 0 spiro atoms. The Morgan fingerprint density at radius 1 is 0.893 bits per heavy atom. The minimum Gasteiger partial charge on any atom is -0.259 e. The third-order valence-electron chi connectivity index (χ3n) is 5.19. The number of nitrogens with zero attached hydrogens (tertiary/aromatic N) is 2. The molecule has 2 atom stereocenters. The van der Waals surface area contributed by atoms with Gasteiger partial charge in [0, 0.05) is 13.2 Å². The SMILES string of the molecule is CC[C@H](C)c1ccc(S(=O)(=O)N(C)[C@@H](c2ccccc2)c2ccccn2)cc1. The van der Waals surface area contributed by atoms with E-state index in [9.17, 15) is 8.42 Å². The molecular formula is C23H26N2O2S. The van der Waals surface area contributed by atoms with Crippen LogP contribution in [0, 0.1) is 0 Å². The van der Waals surface area contributed by atoms with Crippen LogP contribution < -0.4 is 0 Å². The van der Waals surface area contributed by atoms with Gasteiger partial charge in [0.15, 0.2) is 0 Å². The van der Waals surface area contributed by atoms with Gasteiger partial charge in [-0.15, -0.1) is 0 Å². The van der Waals surface area contributed by atoms with Gasteiger partial charge in [-0.1, -0.05) is 62.4 Å². The molecule has 0 radical (unpaired) electrons. The van der Waals surface area contributed by atoms with Crippen LogP contribution >= 0.6 is 0 Å². The maximum Gasteiger partial charge on any atom is 0.243 e. The van der Waals surface area contributed by atoms with E-state index in [1.54, 1.807) is 25.4 Å². The maximum absolute atomic E-state index is 13.4. The molecule has 2 aromatic carbocycles. The molecule has 0 unspecified atom stereocenters. The summed E-state index contributed by atoms with van der Waals surface area (Å²) in [6.07, 6.45) is 2.70. The molecule has 146 valence electrons. The van der Waals surface area contributed by atoms with Crippen molar-refractivity contribution in [3.8, 4) is 0 Å². The van der Waals surface area contributed by atoms with Crippen molar-refractivity contribution in [3.05, 3.63) is 95.8 Å². The van der Waals surface area contributed by atoms with E-state index in [1.807, 2.05) is 60.7 Å². The van der Waals surface area contributed by atoms with Crippen molar-refractivity contribution in [2.45, 2.75) is 37.1 Å². The number of pyridine rings is 1. The number of sulfonamides is 1. The van der Waals surface area contributed by atoms with Crippen molar-refractivity contribution in [2.75, 3.05) is 7.05 Å². The zero-order valence-electron chi connectivity index (χ0n) is 16.5.